The van der Waals surface area contributed by atoms with Crippen LogP contribution >= 0.6 is 0 Å². The Morgan fingerprint density at radius 1 is 0.548 bits per heavy atom. The van der Waals surface area contributed by atoms with Crippen LogP contribution in [0, 0.1) is 0 Å². The molecule has 0 bridgehead atoms. The fourth-order valence-electron chi connectivity index (χ4n) is 3.82. The Hall–Kier alpha value is -3.80. The Morgan fingerprint density at radius 3 is 1.61 bits per heavy atom. The molecule has 0 amide bonds. The van der Waals surface area contributed by atoms with Crippen LogP contribution in [0.1, 0.15) is 0 Å². The molecule has 1 aromatic heterocycles. The van der Waals surface area contributed by atoms with Crippen LogP contribution in [0.25, 0.3) is 44.7 Å². The fourth-order valence-corrected chi connectivity index (χ4v) is 3.82. The van der Waals surface area contributed by atoms with Crippen molar-refractivity contribution in [1.29, 1.82) is 0 Å². The van der Waals surface area contributed by atoms with Crippen LogP contribution in [-0.4, -0.2) is 27.1 Å². The summed E-state index contributed by atoms with van der Waals surface area (Å²) in [5.74, 6) is 0.593. The predicted molar refractivity (Wildman–Crippen MR) is 126 cm³/mol. The minimum absolute atomic E-state index is 0.460. The molecule has 0 spiro atoms. The third-order valence-corrected chi connectivity index (χ3v) is 5.34. The molecule has 5 aromatic rings. The monoisotopic (exact) mass is 402 g/mol. The summed E-state index contributed by atoms with van der Waals surface area (Å²) >= 11 is 0. The summed E-state index contributed by atoms with van der Waals surface area (Å²) in [4.78, 5) is 9.78. The number of hydrogen-bond donors (Lipinski definition) is 2. The van der Waals surface area contributed by atoms with Crippen molar-refractivity contribution in [3.05, 3.63) is 103 Å². The van der Waals surface area contributed by atoms with E-state index in [1.165, 1.54) is 0 Å². The molecular weight excluding hydrogens is 383 g/mol. The molecule has 0 saturated heterocycles. The third kappa shape index (κ3) is 3.72. The van der Waals surface area contributed by atoms with Gasteiger partial charge in [0.25, 0.3) is 0 Å². The van der Waals surface area contributed by atoms with Gasteiger partial charge in [0.15, 0.2) is 5.82 Å². The molecule has 0 atom stereocenters. The van der Waals surface area contributed by atoms with Gasteiger partial charge in [0.1, 0.15) is 0 Å². The number of rotatable bonds is 4. The first-order valence-corrected chi connectivity index (χ1v) is 10.1. The normalized spacial score (nSPS) is 10.9. The lowest BCUT2D eigenvalue weighted by Crippen LogP contribution is -2.30. The molecule has 5 heteroatoms. The Morgan fingerprint density at radius 2 is 1.06 bits per heavy atom. The van der Waals surface area contributed by atoms with E-state index in [4.69, 9.17) is 9.97 Å². The fraction of sp³-hybridized carbons (Fsp3) is 0. The van der Waals surface area contributed by atoms with E-state index in [9.17, 15) is 10.0 Å². The number of hydrogen-bond acceptors (Lipinski definition) is 4. The van der Waals surface area contributed by atoms with Crippen LogP contribution < -0.4 is 5.46 Å². The molecule has 4 nitrogen and oxygen atoms in total. The van der Waals surface area contributed by atoms with Gasteiger partial charge in [-0.3, -0.25) is 0 Å². The summed E-state index contributed by atoms with van der Waals surface area (Å²) in [5, 5.41) is 21.2. The first-order chi connectivity index (χ1) is 15.2. The van der Waals surface area contributed by atoms with Crippen molar-refractivity contribution >= 4 is 23.4 Å². The SMILES string of the molecule is OB(O)c1ccc(-c2nc(-c3ccccc3)cc(-c3ccccc3)n2)c2ccccc12. The molecule has 0 aliphatic heterocycles. The third-order valence-electron chi connectivity index (χ3n) is 5.34. The lowest BCUT2D eigenvalue weighted by atomic mass is 9.76. The lowest BCUT2D eigenvalue weighted by Gasteiger charge is -2.13. The largest absolute Gasteiger partial charge is 0.489 e. The van der Waals surface area contributed by atoms with Crippen LogP contribution in [0.2, 0.25) is 0 Å². The first-order valence-electron chi connectivity index (χ1n) is 10.1. The predicted octanol–water partition coefficient (Wildman–Crippen LogP) is 4.31. The average Bonchev–Trinajstić information content (AvgIpc) is 2.84. The number of nitrogens with zero attached hydrogens (tertiary/aromatic N) is 2. The Labute approximate surface area is 180 Å². The molecule has 0 saturated carbocycles. The van der Waals surface area contributed by atoms with Gasteiger partial charge in [-0.15, -0.1) is 0 Å². The van der Waals surface area contributed by atoms with E-state index in [1.54, 1.807) is 6.07 Å². The van der Waals surface area contributed by atoms with Crippen molar-refractivity contribution in [3.8, 4) is 33.9 Å². The van der Waals surface area contributed by atoms with E-state index in [0.717, 1.165) is 38.9 Å². The van der Waals surface area contributed by atoms with E-state index in [-0.39, 0.29) is 0 Å². The van der Waals surface area contributed by atoms with Crippen molar-refractivity contribution in [2.24, 2.45) is 0 Å². The van der Waals surface area contributed by atoms with Crippen molar-refractivity contribution < 1.29 is 10.0 Å². The maximum absolute atomic E-state index is 9.79. The molecule has 5 rings (SSSR count). The zero-order chi connectivity index (χ0) is 21.2. The second-order valence-electron chi connectivity index (χ2n) is 7.32. The van der Waals surface area contributed by atoms with Gasteiger partial charge in [-0.2, -0.15) is 0 Å². The van der Waals surface area contributed by atoms with Gasteiger partial charge in [0.05, 0.1) is 11.4 Å². The van der Waals surface area contributed by atoms with Crippen molar-refractivity contribution in [3.63, 3.8) is 0 Å². The van der Waals surface area contributed by atoms with Crippen LogP contribution in [0.15, 0.2) is 103 Å². The van der Waals surface area contributed by atoms with Gasteiger partial charge in [0.2, 0.25) is 0 Å². The molecule has 148 valence electrons. The van der Waals surface area contributed by atoms with Gasteiger partial charge in [-0.25, -0.2) is 9.97 Å². The maximum atomic E-state index is 9.79. The van der Waals surface area contributed by atoms with Crippen molar-refractivity contribution in [1.82, 2.24) is 9.97 Å². The van der Waals surface area contributed by atoms with Crippen molar-refractivity contribution in [2.45, 2.75) is 0 Å². The molecule has 31 heavy (non-hydrogen) atoms. The summed E-state index contributed by atoms with van der Waals surface area (Å²) in [6.07, 6.45) is 0. The summed E-state index contributed by atoms with van der Waals surface area (Å²) in [6.45, 7) is 0. The molecule has 1 heterocycles. The molecule has 2 N–H and O–H groups in total. The summed E-state index contributed by atoms with van der Waals surface area (Å²) in [5.41, 5.74) is 4.99. The van der Waals surface area contributed by atoms with Crippen LogP contribution in [0.3, 0.4) is 0 Å². The van der Waals surface area contributed by atoms with Gasteiger partial charge in [-0.05, 0) is 22.3 Å². The van der Waals surface area contributed by atoms with Crippen LogP contribution in [0.5, 0.6) is 0 Å². The Kier molecular flexibility index (Phi) is 5.04. The molecule has 0 unspecified atom stereocenters. The minimum atomic E-state index is -1.55. The highest BCUT2D eigenvalue weighted by molar-refractivity contribution is 6.62. The lowest BCUT2D eigenvalue weighted by molar-refractivity contribution is 0.426. The van der Waals surface area contributed by atoms with Gasteiger partial charge in [-0.1, -0.05) is 97.1 Å². The maximum Gasteiger partial charge on any atom is 0.489 e. The zero-order valence-corrected chi connectivity index (χ0v) is 16.7. The van der Waals surface area contributed by atoms with Gasteiger partial charge in [0, 0.05) is 16.7 Å². The second-order valence-corrected chi connectivity index (χ2v) is 7.32. The summed E-state index contributed by atoms with van der Waals surface area (Å²) < 4.78 is 0. The van der Waals surface area contributed by atoms with E-state index >= 15 is 0 Å². The summed E-state index contributed by atoms with van der Waals surface area (Å²) in [7, 11) is -1.55. The zero-order valence-electron chi connectivity index (χ0n) is 16.7. The summed E-state index contributed by atoms with van der Waals surface area (Å²) in [6, 6.07) is 33.3. The highest BCUT2D eigenvalue weighted by Crippen LogP contribution is 2.30. The van der Waals surface area contributed by atoms with Crippen LogP contribution in [0.4, 0.5) is 0 Å². The topological polar surface area (TPSA) is 66.2 Å². The van der Waals surface area contributed by atoms with E-state index in [1.807, 2.05) is 97.1 Å². The smallest absolute Gasteiger partial charge is 0.423 e. The Balaban J connectivity index is 1.78. The minimum Gasteiger partial charge on any atom is -0.423 e. The van der Waals surface area contributed by atoms with Crippen molar-refractivity contribution in [2.75, 3.05) is 0 Å². The Bertz CT molecular complexity index is 1300. The first kappa shape index (κ1) is 19.2. The standard InChI is InChI=1S/C26H19BN2O2/c30-27(31)23-16-15-22(20-13-7-8-14-21(20)23)26-28-24(18-9-3-1-4-10-18)17-25(29-26)19-11-5-2-6-12-19/h1-17,30-31H. The number of fused-ring (bicyclic) bond motifs is 1. The molecule has 0 fully saturated rings. The average molecular weight is 402 g/mol. The number of benzene rings is 4. The quantitative estimate of drug-likeness (QED) is 0.440. The molecule has 0 aliphatic carbocycles. The molecule has 0 aliphatic rings. The highest BCUT2D eigenvalue weighted by Gasteiger charge is 2.18. The molecule has 0 radical (unpaired) electrons. The highest BCUT2D eigenvalue weighted by atomic mass is 16.4. The number of aromatic nitrogens is 2. The van der Waals surface area contributed by atoms with Gasteiger partial charge < -0.3 is 10.0 Å². The van der Waals surface area contributed by atoms with E-state index in [2.05, 4.69) is 0 Å². The second kappa shape index (κ2) is 8.15. The van der Waals surface area contributed by atoms with E-state index in [0.29, 0.717) is 11.3 Å². The molecular formula is C26H19BN2O2. The van der Waals surface area contributed by atoms with E-state index < -0.39 is 7.12 Å². The van der Waals surface area contributed by atoms with Gasteiger partial charge >= 0.3 is 7.12 Å². The van der Waals surface area contributed by atoms with Crippen LogP contribution in [-0.2, 0) is 0 Å². The molecule has 4 aromatic carbocycles.